The van der Waals surface area contributed by atoms with Crippen molar-refractivity contribution in [3.8, 4) is 0 Å². The molecule has 384 valence electrons. The summed E-state index contributed by atoms with van der Waals surface area (Å²) in [5, 5.41) is 119. The summed E-state index contributed by atoms with van der Waals surface area (Å²) in [4.78, 5) is 13.1. The fourth-order valence-corrected chi connectivity index (χ4v) is 8.72. The van der Waals surface area contributed by atoms with E-state index in [-0.39, 0.29) is 18.9 Å². The molecule has 0 aromatic heterocycles. The zero-order valence-corrected chi connectivity index (χ0v) is 39.0. The topological polar surface area (TPSA) is 307 Å². The molecule has 0 spiro atoms. The normalized spacial score (nSPS) is 34.1. The fraction of sp³-hybridized carbons (Fsp3) is 0.978. The van der Waals surface area contributed by atoms with Gasteiger partial charge in [0.1, 0.15) is 73.2 Å². The Morgan fingerprint density at radius 1 is 0.492 bits per heavy atom. The molecule has 12 N–H and O–H groups in total. The monoisotopic (exact) mass is 942 g/mol. The number of nitrogens with one attached hydrogen (secondary N) is 1. The van der Waals surface area contributed by atoms with Gasteiger partial charge >= 0.3 is 0 Å². The van der Waals surface area contributed by atoms with Gasteiger partial charge in [0.15, 0.2) is 18.9 Å². The van der Waals surface area contributed by atoms with Gasteiger partial charge in [-0.15, -0.1) is 0 Å². The van der Waals surface area contributed by atoms with Crippen LogP contribution in [0.15, 0.2) is 0 Å². The van der Waals surface area contributed by atoms with Gasteiger partial charge in [-0.3, -0.25) is 4.79 Å². The van der Waals surface area contributed by atoms with Crippen molar-refractivity contribution < 1.29 is 89.4 Å². The number of amides is 1. The van der Waals surface area contributed by atoms with Crippen molar-refractivity contribution in [3.63, 3.8) is 0 Å². The van der Waals surface area contributed by atoms with Crippen molar-refractivity contribution in [2.24, 2.45) is 0 Å². The molecule has 65 heavy (non-hydrogen) atoms. The summed E-state index contributed by atoms with van der Waals surface area (Å²) in [6.45, 7) is 1.69. The molecule has 17 atom stereocenters. The van der Waals surface area contributed by atoms with E-state index in [9.17, 15) is 61.0 Å². The number of unbranched alkanes of at least 4 members (excludes halogenated alkanes) is 18. The number of hydrogen-bond donors (Lipinski definition) is 12. The predicted molar refractivity (Wildman–Crippen MR) is 236 cm³/mol. The molecule has 3 fully saturated rings. The fourth-order valence-electron chi connectivity index (χ4n) is 8.72. The molecule has 0 saturated carbocycles. The highest BCUT2D eigenvalue weighted by atomic mass is 16.8. The molecule has 3 rings (SSSR count). The Bertz CT molecular complexity index is 1220. The molecule has 0 aromatic carbocycles. The van der Waals surface area contributed by atoms with Gasteiger partial charge in [-0.2, -0.15) is 0 Å². The van der Waals surface area contributed by atoms with Gasteiger partial charge in [-0.05, 0) is 12.8 Å². The Balaban J connectivity index is 1.56. The van der Waals surface area contributed by atoms with E-state index >= 15 is 0 Å². The lowest BCUT2D eigenvalue weighted by molar-refractivity contribution is -0.379. The zero-order chi connectivity index (χ0) is 47.7. The van der Waals surface area contributed by atoms with Crippen molar-refractivity contribution in [3.05, 3.63) is 0 Å². The van der Waals surface area contributed by atoms with Crippen LogP contribution in [-0.4, -0.2) is 193 Å². The maximum Gasteiger partial charge on any atom is 0.220 e. The van der Waals surface area contributed by atoms with Crippen molar-refractivity contribution in [2.45, 2.75) is 259 Å². The molecule has 3 heterocycles. The molecule has 3 saturated heterocycles. The lowest BCUT2D eigenvalue weighted by atomic mass is 9.96. The van der Waals surface area contributed by atoms with Gasteiger partial charge in [0.25, 0.3) is 0 Å². The zero-order valence-electron chi connectivity index (χ0n) is 39.0. The first kappa shape index (κ1) is 58.1. The molecule has 19 nitrogen and oxygen atoms in total. The molecule has 0 bridgehead atoms. The molecule has 0 aromatic rings. The first-order valence-electron chi connectivity index (χ1n) is 24.8. The van der Waals surface area contributed by atoms with Crippen LogP contribution in [0.4, 0.5) is 0 Å². The van der Waals surface area contributed by atoms with Crippen molar-refractivity contribution >= 4 is 5.91 Å². The summed E-state index contributed by atoms with van der Waals surface area (Å²) >= 11 is 0. The summed E-state index contributed by atoms with van der Waals surface area (Å²) in [6.07, 6.45) is -3.24. The lowest BCUT2D eigenvalue weighted by Gasteiger charge is -2.48. The maximum atomic E-state index is 13.1. The van der Waals surface area contributed by atoms with Gasteiger partial charge < -0.3 is 89.9 Å². The van der Waals surface area contributed by atoms with Gasteiger partial charge in [-0.25, -0.2) is 0 Å². The second-order valence-electron chi connectivity index (χ2n) is 18.3. The molecular formula is C46H87NO18. The molecule has 0 radical (unpaired) electrons. The van der Waals surface area contributed by atoms with Crippen LogP contribution in [0.2, 0.25) is 0 Å². The summed E-state index contributed by atoms with van der Waals surface area (Å²) in [7, 11) is 0. The van der Waals surface area contributed by atoms with Gasteiger partial charge in [0.05, 0.1) is 38.6 Å². The molecular weight excluding hydrogens is 854 g/mol. The quantitative estimate of drug-likeness (QED) is 0.0399. The van der Waals surface area contributed by atoms with E-state index < -0.39 is 124 Å². The standard InChI is InChI=1S/C46H87NO18/c1-3-5-7-9-11-12-13-14-15-16-18-19-21-23-30(51)29(47-34(52)24-22-20-17-10-8-6-4-2)28-60-44-40(58)37(55)42(32(26-49)62-44)65-46-41(59)38(56)43(33(27-50)63-46)64-45-39(57)36(54)35(53)31(25-48)61-45/h29-33,35-46,48-51,53-59H,3-28H2,1-2H3,(H,47,52). The van der Waals surface area contributed by atoms with Crippen molar-refractivity contribution in [1.82, 2.24) is 5.32 Å². The van der Waals surface area contributed by atoms with Crippen molar-refractivity contribution in [2.75, 3.05) is 26.4 Å². The highest BCUT2D eigenvalue weighted by Crippen LogP contribution is 2.33. The number of hydrogen-bond acceptors (Lipinski definition) is 18. The third-order valence-corrected chi connectivity index (χ3v) is 12.9. The molecule has 17 unspecified atom stereocenters. The summed E-state index contributed by atoms with van der Waals surface area (Å²) in [5.41, 5.74) is 0. The van der Waals surface area contributed by atoms with E-state index in [4.69, 9.17) is 28.4 Å². The van der Waals surface area contributed by atoms with E-state index in [1.807, 2.05) is 0 Å². The Morgan fingerprint density at radius 3 is 1.34 bits per heavy atom. The summed E-state index contributed by atoms with van der Waals surface area (Å²) in [5.74, 6) is -0.251. The van der Waals surface area contributed by atoms with E-state index in [0.717, 1.165) is 57.8 Å². The van der Waals surface area contributed by atoms with Gasteiger partial charge in [0, 0.05) is 6.42 Å². The highest BCUT2D eigenvalue weighted by Gasteiger charge is 2.53. The van der Waals surface area contributed by atoms with Crippen LogP contribution in [0, 0.1) is 0 Å². The Kier molecular flexibility index (Phi) is 29.1. The highest BCUT2D eigenvalue weighted by molar-refractivity contribution is 5.76. The van der Waals surface area contributed by atoms with Crippen LogP contribution in [0.1, 0.15) is 155 Å². The average molecular weight is 942 g/mol. The minimum atomic E-state index is -1.97. The molecule has 3 aliphatic heterocycles. The molecule has 19 heteroatoms. The van der Waals surface area contributed by atoms with Crippen molar-refractivity contribution in [1.29, 1.82) is 0 Å². The molecule has 3 aliphatic rings. The number of carbonyl (C=O) groups is 1. The number of carbonyl (C=O) groups excluding carboxylic acids is 1. The predicted octanol–water partition coefficient (Wildman–Crippen LogP) is 0.919. The van der Waals surface area contributed by atoms with E-state index in [1.165, 1.54) is 64.2 Å². The SMILES string of the molecule is CCCCCCCCCCCCCCCC(O)C(COC1OC(CO)C(OC2OC(CO)C(OC3OC(CO)C(O)C(O)C3O)C(O)C2O)C(O)C1O)NC(=O)CCCCCCCCC. The molecule has 1 amide bonds. The number of rotatable bonds is 34. The largest absolute Gasteiger partial charge is 0.394 e. The molecule has 0 aliphatic carbocycles. The minimum Gasteiger partial charge on any atom is -0.394 e. The van der Waals surface area contributed by atoms with E-state index in [0.29, 0.717) is 12.8 Å². The Morgan fingerprint density at radius 2 is 0.877 bits per heavy atom. The number of aliphatic hydroxyl groups is 11. The smallest absolute Gasteiger partial charge is 0.220 e. The Hall–Kier alpha value is -1.21. The third kappa shape index (κ3) is 19.2. The number of ether oxygens (including phenoxy) is 6. The summed E-state index contributed by atoms with van der Waals surface area (Å²) < 4.78 is 34.1. The van der Waals surface area contributed by atoms with E-state index in [2.05, 4.69) is 19.2 Å². The Labute approximate surface area is 385 Å². The lowest BCUT2D eigenvalue weighted by Crippen LogP contribution is -2.66. The van der Waals surface area contributed by atoms with Gasteiger partial charge in [0.2, 0.25) is 5.91 Å². The first-order chi connectivity index (χ1) is 31.3. The van der Waals surface area contributed by atoms with Crippen LogP contribution < -0.4 is 5.32 Å². The van der Waals surface area contributed by atoms with Crippen LogP contribution in [0.25, 0.3) is 0 Å². The first-order valence-corrected chi connectivity index (χ1v) is 24.8. The van der Waals surface area contributed by atoms with Crippen LogP contribution in [0.3, 0.4) is 0 Å². The summed E-state index contributed by atoms with van der Waals surface area (Å²) in [6, 6.07) is -0.875. The number of aliphatic hydroxyl groups excluding tert-OH is 11. The maximum absolute atomic E-state index is 13.1. The third-order valence-electron chi connectivity index (χ3n) is 12.9. The van der Waals surface area contributed by atoms with Crippen LogP contribution in [-0.2, 0) is 33.2 Å². The van der Waals surface area contributed by atoms with Crippen LogP contribution in [0.5, 0.6) is 0 Å². The minimum absolute atomic E-state index is 0.251. The second-order valence-corrected chi connectivity index (χ2v) is 18.3. The van der Waals surface area contributed by atoms with E-state index in [1.54, 1.807) is 0 Å². The van der Waals surface area contributed by atoms with Crippen LogP contribution >= 0.6 is 0 Å². The second kappa shape index (κ2) is 32.6. The van der Waals surface area contributed by atoms with Gasteiger partial charge in [-0.1, -0.05) is 136 Å². The average Bonchev–Trinajstić information content (AvgIpc) is 3.30.